The lowest BCUT2D eigenvalue weighted by molar-refractivity contribution is 0.306. The van der Waals surface area contributed by atoms with Crippen molar-refractivity contribution in [3.05, 3.63) is 97.5 Å². The van der Waals surface area contributed by atoms with E-state index < -0.39 is 0 Å². The summed E-state index contributed by atoms with van der Waals surface area (Å²) in [5.74, 6) is 1.59. The fourth-order valence-electron chi connectivity index (χ4n) is 4.07. The van der Waals surface area contributed by atoms with Crippen molar-refractivity contribution < 1.29 is 0 Å². The van der Waals surface area contributed by atoms with E-state index in [0.29, 0.717) is 0 Å². The Morgan fingerprint density at radius 2 is 1.77 bits per heavy atom. The minimum Gasteiger partial charge on any atom is -0.381 e. The molecule has 1 atom stereocenters. The zero-order valence-electron chi connectivity index (χ0n) is 22.9. The zero-order valence-corrected chi connectivity index (χ0v) is 22.9. The lowest BCUT2D eigenvalue weighted by atomic mass is 9.95. The summed E-state index contributed by atoms with van der Waals surface area (Å²) < 4.78 is 0. The summed E-state index contributed by atoms with van der Waals surface area (Å²) >= 11 is 0. The molecule has 1 fully saturated rings. The van der Waals surface area contributed by atoms with E-state index in [1.807, 2.05) is 38.4 Å². The predicted molar refractivity (Wildman–Crippen MR) is 158 cm³/mol. The van der Waals surface area contributed by atoms with Crippen LogP contribution in [-0.2, 0) is 0 Å². The smallest absolute Gasteiger partial charge is 0.0366 e. The van der Waals surface area contributed by atoms with Crippen LogP contribution in [0.15, 0.2) is 92.0 Å². The third-order valence-electron chi connectivity index (χ3n) is 6.34. The fraction of sp³-hybridized carbons (Fsp3) is 0.438. The number of nitrogens with zero attached hydrogens (tertiary/aromatic N) is 2. The van der Waals surface area contributed by atoms with Gasteiger partial charge in [-0.25, -0.2) is 0 Å². The molecule has 0 aromatic heterocycles. The summed E-state index contributed by atoms with van der Waals surface area (Å²) in [6, 6.07) is 8.81. The Kier molecular flexibility index (Phi) is 15.8. The summed E-state index contributed by atoms with van der Waals surface area (Å²) in [6.45, 7) is 19.2. The van der Waals surface area contributed by atoms with Gasteiger partial charge < -0.3 is 15.1 Å². The first-order valence-corrected chi connectivity index (χ1v) is 13.3. The maximum Gasteiger partial charge on any atom is 0.0366 e. The minimum absolute atomic E-state index is 0.780. The average Bonchev–Trinajstić information content (AvgIpc) is 2.91. The fourth-order valence-corrected chi connectivity index (χ4v) is 4.07. The molecule has 1 aliphatic heterocycles. The summed E-state index contributed by atoms with van der Waals surface area (Å²) in [5, 5.41) is 2.92. The van der Waals surface area contributed by atoms with E-state index in [-0.39, 0.29) is 0 Å². The van der Waals surface area contributed by atoms with Crippen molar-refractivity contribution in [2.24, 2.45) is 11.8 Å². The van der Waals surface area contributed by atoms with Crippen molar-refractivity contribution in [3.63, 3.8) is 0 Å². The third-order valence-corrected chi connectivity index (χ3v) is 6.34. The molecule has 1 heterocycles. The number of benzene rings is 1. The first-order chi connectivity index (χ1) is 17.0. The van der Waals surface area contributed by atoms with E-state index in [1.54, 1.807) is 6.20 Å². The molecular formula is C32H49N3. The maximum absolute atomic E-state index is 3.83. The molecule has 0 radical (unpaired) electrons. The summed E-state index contributed by atoms with van der Waals surface area (Å²) in [4.78, 5) is 4.69. The number of anilines is 1. The second-order valence-corrected chi connectivity index (χ2v) is 8.94. The van der Waals surface area contributed by atoms with Crippen molar-refractivity contribution >= 4 is 11.8 Å². The standard InChI is InChI=1S/C21H29N3.C9H14.C2H6/c1-4-22-15-7-6-8-19-9-11-21(12-10-19)24-16-13-20(14-17-24)18-23(3)5-2;1-3-9-6-4-8(2)5-7-9;1-2/h4-12,15,20,22H,1-2,13-14,16-18H2,3H3;4-6,9H,3,7H2,1-2H3;1-2H3/b8-6-,15-7-;;. The SMILES string of the molecule is C=CN/C=C\C=C/c1ccc(N2CCC(CN(C)C=C)CC2)cc1.CC.CCC1C=CC(C)=CC1. The third kappa shape index (κ3) is 12.4. The molecule has 35 heavy (non-hydrogen) atoms. The predicted octanol–water partition coefficient (Wildman–Crippen LogP) is 8.18. The van der Waals surface area contributed by atoms with E-state index in [0.717, 1.165) is 31.5 Å². The van der Waals surface area contributed by atoms with Gasteiger partial charge in [0.15, 0.2) is 0 Å². The Balaban J connectivity index is 0.000000464. The summed E-state index contributed by atoms with van der Waals surface area (Å²) in [6.07, 6.45) is 23.4. The highest BCUT2D eigenvalue weighted by Gasteiger charge is 2.19. The monoisotopic (exact) mass is 475 g/mol. The van der Waals surface area contributed by atoms with Crippen LogP contribution in [0.25, 0.3) is 6.08 Å². The van der Waals surface area contributed by atoms with Gasteiger partial charge in [0.05, 0.1) is 0 Å². The Morgan fingerprint density at radius 3 is 2.31 bits per heavy atom. The minimum atomic E-state index is 0.780. The number of piperidine rings is 1. The van der Waals surface area contributed by atoms with Gasteiger partial charge in [0.2, 0.25) is 0 Å². The van der Waals surface area contributed by atoms with Crippen LogP contribution in [-0.4, -0.2) is 31.6 Å². The Morgan fingerprint density at radius 1 is 1.09 bits per heavy atom. The van der Waals surface area contributed by atoms with E-state index in [1.165, 1.54) is 42.5 Å². The van der Waals surface area contributed by atoms with Gasteiger partial charge in [-0.15, -0.1) is 0 Å². The van der Waals surface area contributed by atoms with E-state index >= 15 is 0 Å². The molecule has 3 nitrogen and oxygen atoms in total. The number of hydrogen-bond acceptors (Lipinski definition) is 3. The average molecular weight is 476 g/mol. The van der Waals surface area contributed by atoms with Crippen molar-refractivity contribution in [1.82, 2.24) is 10.2 Å². The summed E-state index contributed by atoms with van der Waals surface area (Å²) in [7, 11) is 2.11. The van der Waals surface area contributed by atoms with Crippen molar-refractivity contribution in [1.29, 1.82) is 0 Å². The van der Waals surface area contributed by atoms with Crippen LogP contribution in [0, 0.1) is 11.8 Å². The topological polar surface area (TPSA) is 18.5 Å². The molecule has 0 bridgehead atoms. The van der Waals surface area contributed by atoms with Crippen LogP contribution in [0.3, 0.4) is 0 Å². The lowest BCUT2D eigenvalue weighted by Crippen LogP contribution is -2.36. The number of hydrogen-bond donors (Lipinski definition) is 1. The normalized spacial score (nSPS) is 17.7. The van der Waals surface area contributed by atoms with Crippen LogP contribution in [0.1, 0.15) is 58.9 Å². The van der Waals surface area contributed by atoms with Crippen LogP contribution in [0.4, 0.5) is 5.69 Å². The molecule has 1 aromatic carbocycles. The van der Waals surface area contributed by atoms with Gasteiger partial charge >= 0.3 is 0 Å². The van der Waals surface area contributed by atoms with Gasteiger partial charge in [-0.1, -0.05) is 82.0 Å². The van der Waals surface area contributed by atoms with Crippen molar-refractivity contribution in [3.8, 4) is 0 Å². The molecule has 1 aromatic rings. The van der Waals surface area contributed by atoms with Gasteiger partial charge in [0.1, 0.15) is 0 Å². The molecule has 1 aliphatic carbocycles. The molecule has 3 rings (SSSR count). The highest BCUT2D eigenvalue weighted by Crippen LogP contribution is 2.24. The molecule has 0 saturated carbocycles. The highest BCUT2D eigenvalue weighted by molar-refractivity contribution is 5.57. The van der Waals surface area contributed by atoms with E-state index in [9.17, 15) is 0 Å². The number of rotatable bonds is 9. The molecule has 192 valence electrons. The molecule has 1 N–H and O–H groups in total. The van der Waals surface area contributed by atoms with E-state index in [2.05, 4.69) is 97.7 Å². The summed E-state index contributed by atoms with van der Waals surface area (Å²) in [5.41, 5.74) is 3.95. The number of nitrogens with one attached hydrogen (secondary N) is 1. The van der Waals surface area contributed by atoms with Gasteiger partial charge in [-0.05, 0) is 80.6 Å². The van der Waals surface area contributed by atoms with Crippen molar-refractivity contribution in [2.75, 3.05) is 31.6 Å². The molecule has 1 unspecified atom stereocenters. The zero-order chi connectivity index (χ0) is 25.9. The highest BCUT2D eigenvalue weighted by atomic mass is 15.1. The van der Waals surface area contributed by atoms with Crippen LogP contribution in [0.5, 0.6) is 0 Å². The first kappa shape index (κ1) is 30.1. The first-order valence-electron chi connectivity index (χ1n) is 13.3. The van der Waals surface area contributed by atoms with Gasteiger partial charge in [0.25, 0.3) is 0 Å². The second kappa shape index (κ2) is 18.4. The quantitative estimate of drug-likeness (QED) is 0.363. The molecule has 2 aliphatic rings. The Bertz CT molecular complexity index is 821. The van der Waals surface area contributed by atoms with Crippen LogP contribution < -0.4 is 10.2 Å². The maximum atomic E-state index is 3.83. The second-order valence-electron chi connectivity index (χ2n) is 8.94. The molecule has 0 amide bonds. The Hall–Kier alpha value is -2.94. The van der Waals surface area contributed by atoms with E-state index in [4.69, 9.17) is 0 Å². The lowest BCUT2D eigenvalue weighted by Gasteiger charge is -2.35. The Labute approximate surface area is 216 Å². The number of allylic oxidation sites excluding steroid dienone is 6. The molecule has 0 spiro atoms. The molecule has 1 saturated heterocycles. The largest absolute Gasteiger partial charge is 0.381 e. The molecular weight excluding hydrogens is 426 g/mol. The van der Waals surface area contributed by atoms with Crippen molar-refractivity contribution in [2.45, 2.75) is 53.4 Å². The van der Waals surface area contributed by atoms with Crippen LogP contribution in [0.2, 0.25) is 0 Å². The van der Waals surface area contributed by atoms with Gasteiger partial charge in [0, 0.05) is 38.6 Å². The van der Waals surface area contributed by atoms with Crippen LogP contribution >= 0.6 is 0 Å². The van der Waals surface area contributed by atoms with Gasteiger partial charge in [-0.3, -0.25) is 0 Å². The van der Waals surface area contributed by atoms with Gasteiger partial charge in [-0.2, -0.15) is 0 Å². The molecule has 3 heteroatoms.